The Morgan fingerprint density at radius 2 is 2.20 bits per heavy atom. The lowest BCUT2D eigenvalue weighted by Crippen LogP contribution is -2.11. The van der Waals surface area contributed by atoms with E-state index >= 15 is 0 Å². The summed E-state index contributed by atoms with van der Waals surface area (Å²) in [5, 5.41) is 5.57. The molecule has 15 heavy (non-hydrogen) atoms. The molecule has 2 aromatic rings. The predicted molar refractivity (Wildman–Crippen MR) is 59.8 cm³/mol. The zero-order valence-electron chi connectivity index (χ0n) is 8.08. The van der Waals surface area contributed by atoms with Crippen molar-refractivity contribution in [2.75, 3.05) is 5.32 Å². The molecule has 0 saturated heterocycles. The highest BCUT2D eigenvalue weighted by molar-refractivity contribution is 6.04. The molecule has 3 rings (SSSR count). The molecule has 1 heterocycles. The number of rotatable bonds is 1. The summed E-state index contributed by atoms with van der Waals surface area (Å²) in [6.07, 6.45) is 0. The zero-order valence-corrected chi connectivity index (χ0v) is 8.08. The Hall–Kier alpha value is -2.03. The van der Waals surface area contributed by atoms with Crippen molar-refractivity contribution in [3.05, 3.63) is 41.5 Å². The van der Waals surface area contributed by atoms with Crippen LogP contribution in [0.3, 0.4) is 0 Å². The minimum atomic E-state index is -0.370. The van der Waals surface area contributed by atoms with Crippen molar-refractivity contribution in [3.8, 4) is 0 Å². The zero-order chi connectivity index (χ0) is 10.4. The topological polar surface area (TPSA) is 55.1 Å². The fourth-order valence-electron chi connectivity index (χ4n) is 2.14. The third kappa shape index (κ3) is 1.09. The van der Waals surface area contributed by atoms with Crippen molar-refractivity contribution in [2.24, 2.45) is 5.73 Å². The number of amides is 1. The first kappa shape index (κ1) is 8.29. The van der Waals surface area contributed by atoms with E-state index in [1.165, 1.54) is 5.39 Å². The Morgan fingerprint density at radius 3 is 3.00 bits per heavy atom. The van der Waals surface area contributed by atoms with Crippen molar-refractivity contribution < 1.29 is 4.79 Å². The maximum absolute atomic E-state index is 11.1. The van der Waals surface area contributed by atoms with Crippen molar-refractivity contribution in [3.63, 3.8) is 0 Å². The molecule has 0 spiro atoms. The van der Waals surface area contributed by atoms with Crippen LogP contribution < -0.4 is 11.1 Å². The highest BCUT2D eigenvalue weighted by atomic mass is 16.1. The SMILES string of the molecule is NC(=O)c1cc2c3c(cccc3c1)NC2. The lowest BCUT2D eigenvalue weighted by Gasteiger charge is -2.02. The van der Waals surface area contributed by atoms with E-state index in [1.807, 2.05) is 30.3 Å². The Morgan fingerprint density at radius 1 is 1.33 bits per heavy atom. The predicted octanol–water partition coefficient (Wildman–Crippen LogP) is 1.86. The number of nitrogens with one attached hydrogen (secondary N) is 1. The summed E-state index contributed by atoms with van der Waals surface area (Å²) in [6.45, 7) is 0.775. The fraction of sp³-hybridized carbons (Fsp3) is 0.0833. The van der Waals surface area contributed by atoms with Crippen LogP contribution in [-0.2, 0) is 6.54 Å². The maximum Gasteiger partial charge on any atom is 0.248 e. The highest BCUT2D eigenvalue weighted by Crippen LogP contribution is 2.33. The van der Waals surface area contributed by atoms with Gasteiger partial charge >= 0.3 is 0 Å². The average molecular weight is 198 g/mol. The Kier molecular flexibility index (Phi) is 1.51. The van der Waals surface area contributed by atoms with Gasteiger partial charge in [0.25, 0.3) is 0 Å². The van der Waals surface area contributed by atoms with E-state index in [-0.39, 0.29) is 5.91 Å². The molecule has 0 aromatic heterocycles. The van der Waals surface area contributed by atoms with Gasteiger partial charge in [0.1, 0.15) is 0 Å². The number of carbonyl (C=O) groups is 1. The molecular weight excluding hydrogens is 188 g/mol. The van der Waals surface area contributed by atoms with Gasteiger partial charge in [-0.2, -0.15) is 0 Å². The van der Waals surface area contributed by atoms with Crippen LogP contribution in [0.4, 0.5) is 5.69 Å². The van der Waals surface area contributed by atoms with Crippen molar-refractivity contribution in [1.29, 1.82) is 0 Å². The summed E-state index contributed by atoms with van der Waals surface area (Å²) in [5.74, 6) is -0.370. The molecule has 0 aliphatic carbocycles. The molecule has 1 amide bonds. The average Bonchev–Trinajstić information content (AvgIpc) is 2.64. The smallest absolute Gasteiger partial charge is 0.248 e. The summed E-state index contributed by atoms with van der Waals surface area (Å²) in [6, 6.07) is 9.74. The number of hydrogen-bond acceptors (Lipinski definition) is 2. The molecule has 74 valence electrons. The normalized spacial score (nSPS) is 12.8. The van der Waals surface area contributed by atoms with Gasteiger partial charge in [0.2, 0.25) is 5.91 Å². The molecule has 0 saturated carbocycles. The minimum Gasteiger partial charge on any atom is -0.380 e. The maximum atomic E-state index is 11.1. The van der Waals surface area contributed by atoms with E-state index in [0.717, 1.165) is 23.2 Å². The van der Waals surface area contributed by atoms with Crippen LogP contribution in [0.1, 0.15) is 15.9 Å². The molecule has 0 bridgehead atoms. The molecule has 3 nitrogen and oxygen atoms in total. The Balaban J connectivity index is 2.41. The van der Waals surface area contributed by atoms with Crippen molar-refractivity contribution in [2.45, 2.75) is 6.54 Å². The van der Waals surface area contributed by atoms with E-state index in [4.69, 9.17) is 5.73 Å². The molecular formula is C12H10N2O. The molecule has 0 fully saturated rings. The highest BCUT2D eigenvalue weighted by Gasteiger charge is 2.15. The van der Waals surface area contributed by atoms with Crippen LogP contribution in [0, 0.1) is 0 Å². The molecule has 0 atom stereocenters. The third-order valence-corrected chi connectivity index (χ3v) is 2.81. The second-order valence-electron chi connectivity index (χ2n) is 3.76. The first-order chi connectivity index (χ1) is 7.25. The standard InChI is InChI=1S/C12H10N2O/c13-12(15)8-4-7-2-1-3-10-11(7)9(5-8)6-14-10/h1-5,14H,6H2,(H2,13,15). The second kappa shape index (κ2) is 2.73. The van der Waals surface area contributed by atoms with E-state index in [1.54, 1.807) is 0 Å². The molecule has 1 aliphatic heterocycles. The van der Waals surface area contributed by atoms with Crippen LogP contribution in [0.5, 0.6) is 0 Å². The van der Waals surface area contributed by atoms with E-state index in [9.17, 15) is 4.79 Å². The monoisotopic (exact) mass is 198 g/mol. The molecule has 3 heteroatoms. The van der Waals surface area contributed by atoms with Gasteiger partial charge in [0, 0.05) is 23.2 Å². The van der Waals surface area contributed by atoms with Gasteiger partial charge in [-0.05, 0) is 29.1 Å². The van der Waals surface area contributed by atoms with Gasteiger partial charge in [0.05, 0.1) is 0 Å². The Labute approximate surface area is 86.9 Å². The summed E-state index contributed by atoms with van der Waals surface area (Å²) in [4.78, 5) is 11.1. The number of carbonyl (C=O) groups excluding carboxylic acids is 1. The van der Waals surface area contributed by atoms with Crippen molar-refractivity contribution in [1.82, 2.24) is 0 Å². The largest absolute Gasteiger partial charge is 0.380 e. The Bertz CT molecular complexity index is 575. The number of primary amides is 1. The summed E-state index contributed by atoms with van der Waals surface area (Å²) in [7, 11) is 0. The first-order valence-corrected chi connectivity index (χ1v) is 4.85. The lowest BCUT2D eigenvalue weighted by atomic mass is 10.0. The molecule has 0 radical (unpaired) electrons. The van der Waals surface area contributed by atoms with Crippen molar-refractivity contribution >= 4 is 22.4 Å². The van der Waals surface area contributed by atoms with Crippen LogP contribution in [0.15, 0.2) is 30.3 Å². The van der Waals surface area contributed by atoms with Gasteiger partial charge in [0.15, 0.2) is 0 Å². The van der Waals surface area contributed by atoms with Gasteiger partial charge in [-0.25, -0.2) is 0 Å². The molecule has 0 unspecified atom stereocenters. The number of hydrogen-bond donors (Lipinski definition) is 2. The first-order valence-electron chi connectivity index (χ1n) is 4.85. The summed E-state index contributed by atoms with van der Waals surface area (Å²) in [5.41, 5.74) is 8.16. The molecule has 2 aromatic carbocycles. The van der Waals surface area contributed by atoms with E-state index in [2.05, 4.69) is 5.32 Å². The van der Waals surface area contributed by atoms with Gasteiger partial charge < -0.3 is 11.1 Å². The van der Waals surface area contributed by atoms with E-state index < -0.39 is 0 Å². The quantitative estimate of drug-likeness (QED) is 0.734. The third-order valence-electron chi connectivity index (χ3n) is 2.81. The van der Waals surface area contributed by atoms with Crippen LogP contribution >= 0.6 is 0 Å². The minimum absolute atomic E-state index is 0.370. The molecule has 1 aliphatic rings. The number of nitrogens with two attached hydrogens (primary N) is 1. The van der Waals surface area contributed by atoms with Crippen LogP contribution in [-0.4, -0.2) is 5.91 Å². The van der Waals surface area contributed by atoms with Crippen LogP contribution in [0.25, 0.3) is 10.8 Å². The lowest BCUT2D eigenvalue weighted by molar-refractivity contribution is 0.100. The van der Waals surface area contributed by atoms with Gasteiger partial charge in [-0.3, -0.25) is 4.79 Å². The number of benzene rings is 2. The summed E-state index contributed by atoms with van der Waals surface area (Å²) >= 11 is 0. The second-order valence-corrected chi connectivity index (χ2v) is 3.76. The van der Waals surface area contributed by atoms with Gasteiger partial charge in [-0.15, -0.1) is 0 Å². The van der Waals surface area contributed by atoms with E-state index in [0.29, 0.717) is 5.56 Å². The van der Waals surface area contributed by atoms with Crippen LogP contribution in [0.2, 0.25) is 0 Å². The summed E-state index contributed by atoms with van der Waals surface area (Å²) < 4.78 is 0. The molecule has 3 N–H and O–H groups in total. The fourth-order valence-corrected chi connectivity index (χ4v) is 2.14. The number of anilines is 1. The van der Waals surface area contributed by atoms with Gasteiger partial charge in [-0.1, -0.05) is 12.1 Å².